The van der Waals surface area contributed by atoms with E-state index in [0.29, 0.717) is 27.6 Å². The molecule has 4 unspecified atom stereocenters. The Morgan fingerprint density at radius 3 is 2.32 bits per heavy atom. The van der Waals surface area contributed by atoms with Gasteiger partial charge < -0.3 is 39.1 Å². The van der Waals surface area contributed by atoms with Crippen LogP contribution in [0, 0.1) is 0 Å². The molecule has 0 spiro atoms. The highest BCUT2D eigenvalue weighted by Gasteiger charge is 2.51. The number of fused-ring (bicyclic) bond motifs is 5. The lowest BCUT2D eigenvalue weighted by Crippen LogP contribution is -2.61. The summed E-state index contributed by atoms with van der Waals surface area (Å²) in [6, 6.07) is 7.95. The molecule has 4 N–H and O–H groups in total. The van der Waals surface area contributed by atoms with Crippen molar-refractivity contribution in [3.05, 3.63) is 58.5 Å². The van der Waals surface area contributed by atoms with Crippen molar-refractivity contribution in [1.29, 1.82) is 0 Å². The number of ether oxygens (including phenoxy) is 3. The van der Waals surface area contributed by atoms with Gasteiger partial charge in [-0.1, -0.05) is 18.7 Å². The molecular weight excluding hydrogens is 480 g/mol. The number of aromatic hydroxyl groups is 1. The number of aliphatic hydroxyl groups excluding tert-OH is 2. The number of methoxy groups -OCH3 is 2. The lowest BCUT2D eigenvalue weighted by Gasteiger charge is -2.46. The zero-order chi connectivity index (χ0) is 26.8. The van der Waals surface area contributed by atoms with E-state index in [0.717, 1.165) is 0 Å². The van der Waals surface area contributed by atoms with E-state index in [2.05, 4.69) is 6.58 Å². The van der Waals surface area contributed by atoms with Crippen molar-refractivity contribution in [1.82, 2.24) is 0 Å². The summed E-state index contributed by atoms with van der Waals surface area (Å²) in [6.07, 6.45) is -3.29. The summed E-state index contributed by atoms with van der Waals surface area (Å²) in [5.41, 5.74) is -1.45. The first-order valence-corrected chi connectivity index (χ1v) is 11.7. The van der Waals surface area contributed by atoms with Crippen molar-refractivity contribution >= 4 is 38.6 Å². The fraction of sp³-hybridized carbons (Fsp3) is 0.321. The standard InChI is InChI=1S/C28H28O9/c1-6-13-9-16-20(18(10-13)34-4)15-11-19(35-5)22-17(29)8-7-14(21(22)23(15)37-27(16)32)24-26(31)28(3,33)25(30)12(2)36-24/h6-12,24-26,29-31,33H,1H2,2-5H3/t12?,24?,25?,26?,28-/m1/s1. The van der Waals surface area contributed by atoms with Crippen LogP contribution in [0.2, 0.25) is 0 Å². The molecule has 0 amide bonds. The highest BCUT2D eigenvalue weighted by Crippen LogP contribution is 2.48. The third kappa shape index (κ3) is 3.58. The molecule has 0 bridgehead atoms. The van der Waals surface area contributed by atoms with Crippen LogP contribution in [0.3, 0.4) is 0 Å². The molecule has 1 fully saturated rings. The van der Waals surface area contributed by atoms with Gasteiger partial charge in [-0.05, 0) is 49.2 Å². The maximum Gasteiger partial charge on any atom is 0.344 e. The van der Waals surface area contributed by atoms with Crippen molar-refractivity contribution in [2.24, 2.45) is 0 Å². The number of hydrogen-bond acceptors (Lipinski definition) is 9. The van der Waals surface area contributed by atoms with Crippen molar-refractivity contribution in [2.75, 3.05) is 14.2 Å². The Hall–Kier alpha value is -3.63. The van der Waals surface area contributed by atoms with E-state index in [1.165, 1.54) is 33.3 Å². The van der Waals surface area contributed by atoms with Crippen LogP contribution in [0.1, 0.15) is 31.1 Å². The minimum atomic E-state index is -1.90. The molecule has 37 heavy (non-hydrogen) atoms. The molecule has 0 saturated carbocycles. The molecule has 9 nitrogen and oxygen atoms in total. The molecule has 0 aliphatic carbocycles. The van der Waals surface area contributed by atoms with E-state index in [4.69, 9.17) is 18.6 Å². The number of phenolic OH excluding ortho intramolecular Hbond substituents is 1. The second-order valence-electron chi connectivity index (χ2n) is 9.50. The van der Waals surface area contributed by atoms with Crippen molar-refractivity contribution in [3.63, 3.8) is 0 Å². The van der Waals surface area contributed by atoms with Gasteiger partial charge in [-0.3, -0.25) is 0 Å². The van der Waals surface area contributed by atoms with Crippen molar-refractivity contribution in [2.45, 2.75) is 43.9 Å². The van der Waals surface area contributed by atoms with Gasteiger partial charge in [0.05, 0.1) is 31.1 Å². The molecule has 9 heteroatoms. The Morgan fingerprint density at radius 1 is 1.00 bits per heavy atom. The Balaban J connectivity index is 1.97. The van der Waals surface area contributed by atoms with Crippen LogP contribution in [0.15, 0.2) is 46.1 Å². The Kier molecular flexibility index (Phi) is 5.91. The summed E-state index contributed by atoms with van der Waals surface area (Å²) in [4.78, 5) is 13.3. The highest BCUT2D eigenvalue weighted by molar-refractivity contribution is 6.19. The zero-order valence-electron chi connectivity index (χ0n) is 20.8. The predicted octanol–water partition coefficient (Wildman–Crippen LogP) is 3.40. The van der Waals surface area contributed by atoms with E-state index in [1.54, 1.807) is 31.2 Å². The summed E-state index contributed by atoms with van der Waals surface area (Å²) in [6.45, 7) is 6.67. The monoisotopic (exact) mass is 508 g/mol. The first kappa shape index (κ1) is 25.0. The van der Waals surface area contributed by atoms with Gasteiger partial charge >= 0.3 is 5.63 Å². The summed E-state index contributed by atoms with van der Waals surface area (Å²) in [7, 11) is 2.93. The number of benzene rings is 3. The number of aliphatic hydroxyl groups is 3. The van der Waals surface area contributed by atoms with Crippen molar-refractivity contribution in [3.8, 4) is 17.2 Å². The van der Waals surface area contributed by atoms with Crippen LogP contribution in [-0.4, -0.2) is 58.6 Å². The Bertz CT molecular complexity index is 1620. The second kappa shape index (κ2) is 8.74. The maximum atomic E-state index is 13.3. The topological polar surface area (TPSA) is 139 Å². The summed E-state index contributed by atoms with van der Waals surface area (Å²) >= 11 is 0. The first-order valence-electron chi connectivity index (χ1n) is 11.7. The largest absolute Gasteiger partial charge is 0.507 e. The highest BCUT2D eigenvalue weighted by atomic mass is 16.5. The lowest BCUT2D eigenvalue weighted by molar-refractivity contribution is -0.261. The van der Waals surface area contributed by atoms with Crippen LogP contribution in [0.25, 0.3) is 38.6 Å². The van der Waals surface area contributed by atoms with Gasteiger partial charge in [-0.2, -0.15) is 0 Å². The van der Waals surface area contributed by atoms with E-state index in [9.17, 15) is 25.2 Å². The zero-order valence-corrected chi connectivity index (χ0v) is 20.8. The molecule has 5 atom stereocenters. The van der Waals surface area contributed by atoms with Crippen LogP contribution >= 0.6 is 0 Å². The molecular formula is C28H28O9. The molecule has 4 aromatic rings. The fourth-order valence-corrected chi connectivity index (χ4v) is 5.28. The molecule has 3 aromatic carbocycles. The molecule has 2 heterocycles. The van der Waals surface area contributed by atoms with E-state index < -0.39 is 35.6 Å². The third-order valence-corrected chi connectivity index (χ3v) is 7.29. The summed E-state index contributed by atoms with van der Waals surface area (Å²) in [5.74, 6) is 0.526. The van der Waals surface area contributed by atoms with Crippen LogP contribution < -0.4 is 15.1 Å². The van der Waals surface area contributed by atoms with Crippen LogP contribution in [-0.2, 0) is 4.74 Å². The molecule has 1 aromatic heterocycles. The average molecular weight is 509 g/mol. The van der Waals surface area contributed by atoms with Crippen LogP contribution in [0.5, 0.6) is 17.2 Å². The first-order chi connectivity index (χ1) is 17.5. The second-order valence-corrected chi connectivity index (χ2v) is 9.50. The van der Waals surface area contributed by atoms with Gasteiger partial charge in [0.2, 0.25) is 0 Å². The average Bonchev–Trinajstić information content (AvgIpc) is 2.89. The smallest absolute Gasteiger partial charge is 0.344 e. The molecule has 1 aliphatic rings. The number of hydrogen-bond donors (Lipinski definition) is 4. The van der Waals surface area contributed by atoms with E-state index in [1.807, 2.05) is 0 Å². The summed E-state index contributed by atoms with van der Waals surface area (Å²) < 4.78 is 23.1. The minimum absolute atomic E-state index is 0.109. The SMILES string of the molecule is C=Cc1cc(OC)c2c(c1)c(=O)oc1c2cc(OC)c2c(O)ccc(C3OC(C)C(O)[C@@](C)(O)C3O)c21. The van der Waals surface area contributed by atoms with Crippen molar-refractivity contribution < 1.29 is 39.1 Å². The van der Waals surface area contributed by atoms with Gasteiger partial charge in [-0.15, -0.1) is 0 Å². The molecule has 1 saturated heterocycles. The van der Waals surface area contributed by atoms with E-state index in [-0.39, 0.29) is 33.2 Å². The van der Waals surface area contributed by atoms with Gasteiger partial charge in [0.1, 0.15) is 46.7 Å². The summed E-state index contributed by atoms with van der Waals surface area (Å²) in [5, 5.41) is 44.9. The molecule has 0 radical (unpaired) electrons. The fourth-order valence-electron chi connectivity index (χ4n) is 5.28. The maximum absolute atomic E-state index is 13.3. The number of rotatable bonds is 4. The Labute approximate surface area is 211 Å². The molecule has 194 valence electrons. The van der Waals surface area contributed by atoms with E-state index >= 15 is 0 Å². The minimum Gasteiger partial charge on any atom is -0.507 e. The lowest BCUT2D eigenvalue weighted by atomic mass is 9.80. The Morgan fingerprint density at radius 2 is 1.68 bits per heavy atom. The normalized spacial score (nSPS) is 26.0. The predicted molar refractivity (Wildman–Crippen MR) is 138 cm³/mol. The quantitative estimate of drug-likeness (QED) is 0.241. The molecule has 5 rings (SSSR count). The van der Waals surface area contributed by atoms with Gasteiger partial charge in [0.25, 0.3) is 0 Å². The van der Waals surface area contributed by atoms with Crippen LogP contribution in [0.4, 0.5) is 0 Å². The van der Waals surface area contributed by atoms with Gasteiger partial charge in [0.15, 0.2) is 0 Å². The molecule has 1 aliphatic heterocycles. The number of phenols is 1. The third-order valence-electron chi connectivity index (χ3n) is 7.29. The van der Waals surface area contributed by atoms with Gasteiger partial charge in [-0.25, -0.2) is 4.79 Å². The van der Waals surface area contributed by atoms with Gasteiger partial charge in [0, 0.05) is 16.2 Å².